The van der Waals surface area contributed by atoms with Crippen molar-refractivity contribution in [3.63, 3.8) is 0 Å². The molecule has 1 atom stereocenters. The van der Waals surface area contributed by atoms with Gasteiger partial charge >= 0.3 is 12.0 Å². The molecule has 1 fully saturated rings. The van der Waals surface area contributed by atoms with E-state index in [0.29, 0.717) is 6.54 Å². The number of carboxylic acid groups (broad SMARTS) is 1. The summed E-state index contributed by atoms with van der Waals surface area (Å²) in [5, 5.41) is 11.5. The van der Waals surface area contributed by atoms with Gasteiger partial charge in [-0.25, -0.2) is 9.59 Å². The molecule has 7 nitrogen and oxygen atoms in total. The fourth-order valence-corrected chi connectivity index (χ4v) is 1.85. The van der Waals surface area contributed by atoms with Crippen LogP contribution >= 0.6 is 0 Å². The molecule has 1 saturated heterocycles. The number of amides is 3. The van der Waals surface area contributed by atoms with Gasteiger partial charge in [0.1, 0.15) is 12.6 Å². The van der Waals surface area contributed by atoms with Gasteiger partial charge < -0.3 is 15.3 Å². The van der Waals surface area contributed by atoms with Crippen LogP contribution in [0.25, 0.3) is 0 Å². The Balaban J connectivity index is 2.67. The largest absolute Gasteiger partial charge is 0.480 e. The minimum Gasteiger partial charge on any atom is -0.480 e. The Morgan fingerprint density at radius 1 is 1.63 bits per heavy atom. The predicted octanol–water partition coefficient (Wildman–Crippen LogP) is -0.111. The lowest BCUT2D eigenvalue weighted by molar-refractivity contribution is -0.144. The Kier molecular flexibility index (Phi) is 5.35. The molecule has 3 amide bonds. The standard InChI is InChI=1S/C12H19N3O4/c1-3-4-5-6-14(2)12(19)15-8-10(16)13-7-9(15)11(17)18/h3,9H,1,4-8H2,2H3,(H,13,16)(H,17,18). The lowest BCUT2D eigenvalue weighted by atomic mass is 10.2. The van der Waals surface area contributed by atoms with Gasteiger partial charge in [-0.2, -0.15) is 0 Å². The van der Waals surface area contributed by atoms with Crippen molar-refractivity contribution in [3.05, 3.63) is 12.7 Å². The van der Waals surface area contributed by atoms with E-state index < -0.39 is 18.0 Å². The molecule has 0 bridgehead atoms. The van der Waals surface area contributed by atoms with E-state index in [1.165, 1.54) is 4.90 Å². The van der Waals surface area contributed by atoms with Crippen LogP contribution in [0, 0.1) is 0 Å². The van der Waals surface area contributed by atoms with Gasteiger partial charge in [0.25, 0.3) is 0 Å². The molecular weight excluding hydrogens is 250 g/mol. The summed E-state index contributed by atoms with van der Waals surface area (Å²) in [6.45, 7) is 3.81. The van der Waals surface area contributed by atoms with Crippen molar-refractivity contribution in [2.24, 2.45) is 0 Å². The van der Waals surface area contributed by atoms with Gasteiger partial charge in [-0.05, 0) is 12.8 Å². The number of carboxylic acids is 1. The Morgan fingerprint density at radius 2 is 2.32 bits per heavy atom. The van der Waals surface area contributed by atoms with Crippen LogP contribution in [-0.2, 0) is 9.59 Å². The number of piperazine rings is 1. The number of rotatable bonds is 5. The molecule has 0 aromatic carbocycles. The zero-order valence-electron chi connectivity index (χ0n) is 11.0. The van der Waals surface area contributed by atoms with Crippen LogP contribution in [0.3, 0.4) is 0 Å². The summed E-state index contributed by atoms with van der Waals surface area (Å²) in [6, 6.07) is -1.45. The van der Waals surface area contributed by atoms with Crippen LogP contribution in [0.2, 0.25) is 0 Å². The van der Waals surface area contributed by atoms with E-state index in [2.05, 4.69) is 11.9 Å². The second-order valence-corrected chi connectivity index (χ2v) is 4.42. The van der Waals surface area contributed by atoms with Crippen LogP contribution in [0.4, 0.5) is 4.79 Å². The first-order valence-corrected chi connectivity index (χ1v) is 6.09. The van der Waals surface area contributed by atoms with Crippen molar-refractivity contribution in [1.82, 2.24) is 15.1 Å². The molecule has 1 heterocycles. The average Bonchev–Trinajstić information content (AvgIpc) is 2.37. The Bertz CT molecular complexity index is 383. The van der Waals surface area contributed by atoms with Gasteiger partial charge in [0.15, 0.2) is 0 Å². The molecule has 106 valence electrons. The van der Waals surface area contributed by atoms with Gasteiger partial charge in [0.2, 0.25) is 5.91 Å². The number of hydrogen-bond acceptors (Lipinski definition) is 3. The van der Waals surface area contributed by atoms with E-state index in [-0.39, 0.29) is 19.0 Å². The number of nitrogens with one attached hydrogen (secondary N) is 1. The monoisotopic (exact) mass is 269 g/mol. The summed E-state index contributed by atoms with van der Waals surface area (Å²) in [6.07, 6.45) is 3.29. The fourth-order valence-electron chi connectivity index (χ4n) is 1.85. The molecule has 0 saturated carbocycles. The second-order valence-electron chi connectivity index (χ2n) is 4.42. The highest BCUT2D eigenvalue weighted by Gasteiger charge is 2.36. The Hall–Kier alpha value is -2.05. The number of urea groups is 1. The minimum atomic E-state index is -1.12. The number of hydrogen-bond donors (Lipinski definition) is 2. The lowest BCUT2D eigenvalue weighted by Crippen LogP contribution is -2.61. The van der Waals surface area contributed by atoms with Gasteiger partial charge in [-0.3, -0.25) is 9.69 Å². The molecule has 7 heteroatoms. The third kappa shape index (κ3) is 3.97. The SMILES string of the molecule is C=CCCCN(C)C(=O)N1CC(=O)NCC1C(=O)O. The van der Waals surface area contributed by atoms with Crippen molar-refractivity contribution in [2.75, 3.05) is 26.7 Å². The first kappa shape index (κ1) is 15.0. The molecular formula is C12H19N3O4. The van der Waals surface area contributed by atoms with Crippen molar-refractivity contribution < 1.29 is 19.5 Å². The van der Waals surface area contributed by atoms with Crippen molar-refractivity contribution >= 4 is 17.9 Å². The third-order valence-corrected chi connectivity index (χ3v) is 2.94. The summed E-state index contributed by atoms with van der Waals surface area (Å²) < 4.78 is 0. The van der Waals surface area contributed by atoms with Crippen molar-refractivity contribution in [2.45, 2.75) is 18.9 Å². The van der Waals surface area contributed by atoms with Gasteiger partial charge in [-0.1, -0.05) is 6.08 Å². The molecule has 0 radical (unpaired) electrons. The highest BCUT2D eigenvalue weighted by atomic mass is 16.4. The normalized spacial score (nSPS) is 18.7. The smallest absolute Gasteiger partial charge is 0.328 e. The van der Waals surface area contributed by atoms with Gasteiger partial charge in [-0.15, -0.1) is 6.58 Å². The topological polar surface area (TPSA) is 90.0 Å². The Morgan fingerprint density at radius 3 is 2.89 bits per heavy atom. The molecule has 1 unspecified atom stereocenters. The summed E-state index contributed by atoms with van der Waals surface area (Å²) in [5.74, 6) is -1.46. The fraction of sp³-hybridized carbons (Fsp3) is 0.583. The molecule has 1 aliphatic heterocycles. The van der Waals surface area contributed by atoms with Crippen LogP contribution in [0.5, 0.6) is 0 Å². The molecule has 0 spiro atoms. The number of nitrogens with zero attached hydrogens (tertiary/aromatic N) is 2. The Labute approximate surface area is 111 Å². The quantitative estimate of drug-likeness (QED) is 0.538. The average molecular weight is 269 g/mol. The first-order valence-electron chi connectivity index (χ1n) is 6.09. The number of carbonyl (C=O) groups excluding carboxylic acids is 2. The number of aliphatic carboxylic acids is 1. The van der Waals surface area contributed by atoms with Crippen LogP contribution in [0.15, 0.2) is 12.7 Å². The van der Waals surface area contributed by atoms with Crippen molar-refractivity contribution in [3.8, 4) is 0 Å². The molecule has 0 aliphatic carbocycles. The summed E-state index contributed by atoms with van der Waals surface area (Å²) in [7, 11) is 1.59. The van der Waals surface area contributed by atoms with Crippen LogP contribution < -0.4 is 5.32 Å². The van der Waals surface area contributed by atoms with E-state index in [4.69, 9.17) is 5.11 Å². The molecule has 19 heavy (non-hydrogen) atoms. The molecule has 2 N–H and O–H groups in total. The summed E-state index contributed by atoms with van der Waals surface area (Å²) >= 11 is 0. The lowest BCUT2D eigenvalue weighted by Gasteiger charge is -2.35. The zero-order valence-corrected chi connectivity index (χ0v) is 11.0. The van der Waals surface area contributed by atoms with Gasteiger partial charge in [0.05, 0.1) is 0 Å². The second kappa shape index (κ2) is 6.77. The van der Waals surface area contributed by atoms with E-state index in [9.17, 15) is 14.4 Å². The van der Waals surface area contributed by atoms with E-state index in [0.717, 1.165) is 17.7 Å². The predicted molar refractivity (Wildman–Crippen MR) is 68.6 cm³/mol. The first-order chi connectivity index (χ1) is 8.97. The maximum absolute atomic E-state index is 12.1. The third-order valence-electron chi connectivity index (χ3n) is 2.94. The van der Waals surface area contributed by atoms with E-state index in [1.807, 2.05) is 0 Å². The molecule has 1 aliphatic rings. The highest BCUT2D eigenvalue weighted by molar-refractivity contribution is 5.90. The van der Waals surface area contributed by atoms with E-state index >= 15 is 0 Å². The summed E-state index contributed by atoms with van der Waals surface area (Å²) in [4.78, 5) is 37.0. The van der Waals surface area contributed by atoms with Gasteiger partial charge in [0, 0.05) is 20.1 Å². The van der Waals surface area contributed by atoms with Crippen LogP contribution in [-0.4, -0.2) is 65.5 Å². The minimum absolute atomic E-state index is 0.0552. The zero-order chi connectivity index (χ0) is 14.4. The molecule has 0 aromatic heterocycles. The van der Waals surface area contributed by atoms with Crippen molar-refractivity contribution in [1.29, 1.82) is 0 Å². The maximum Gasteiger partial charge on any atom is 0.328 e. The molecule has 1 rings (SSSR count). The highest BCUT2D eigenvalue weighted by Crippen LogP contribution is 2.08. The number of unbranched alkanes of at least 4 members (excludes halogenated alkanes) is 1. The molecule has 0 aromatic rings. The van der Waals surface area contributed by atoms with Crippen LogP contribution in [0.1, 0.15) is 12.8 Å². The number of carbonyl (C=O) groups is 3. The number of allylic oxidation sites excluding steroid dienone is 1. The van der Waals surface area contributed by atoms with E-state index in [1.54, 1.807) is 13.1 Å². The summed E-state index contributed by atoms with van der Waals surface area (Å²) in [5.41, 5.74) is 0. The maximum atomic E-state index is 12.1.